The Morgan fingerprint density at radius 2 is 2.05 bits per heavy atom. The molecule has 0 radical (unpaired) electrons. The van der Waals surface area contributed by atoms with Gasteiger partial charge < -0.3 is 11.1 Å². The highest BCUT2D eigenvalue weighted by atomic mass is 35.5. The molecule has 3 N–H and O–H groups in total. The number of benzene rings is 1. The summed E-state index contributed by atoms with van der Waals surface area (Å²) in [4.78, 5) is 3.04. The van der Waals surface area contributed by atoms with Crippen LogP contribution in [0.5, 0.6) is 0 Å². The van der Waals surface area contributed by atoms with E-state index in [-0.39, 0.29) is 0 Å². The van der Waals surface area contributed by atoms with Crippen molar-refractivity contribution in [2.24, 2.45) is 5.73 Å². The van der Waals surface area contributed by atoms with Crippen LogP contribution in [0, 0.1) is 0 Å². The van der Waals surface area contributed by atoms with Gasteiger partial charge in [-0.05, 0) is 36.8 Å². The topological polar surface area (TPSA) is 38.0 Å². The van der Waals surface area contributed by atoms with Gasteiger partial charge >= 0.3 is 0 Å². The third kappa shape index (κ3) is 3.69. The predicted molar refractivity (Wildman–Crippen MR) is 88.4 cm³/mol. The first-order valence-electron chi connectivity index (χ1n) is 6.01. The van der Waals surface area contributed by atoms with Crippen LogP contribution in [0.25, 0.3) is 0 Å². The third-order valence-corrected chi connectivity index (χ3v) is 4.45. The summed E-state index contributed by atoms with van der Waals surface area (Å²) >= 11 is 12.9. The highest BCUT2D eigenvalue weighted by Gasteiger charge is 2.06. The Labute approximate surface area is 127 Å². The fraction of sp³-hybridized carbons (Fsp3) is 0.214. The lowest BCUT2D eigenvalue weighted by Gasteiger charge is -2.10. The molecule has 0 fully saturated rings. The summed E-state index contributed by atoms with van der Waals surface area (Å²) in [5, 5.41) is 4.02. The second-order valence-electron chi connectivity index (χ2n) is 4.13. The molecule has 0 aliphatic rings. The molecule has 2 aromatic rings. The third-order valence-electron chi connectivity index (χ3n) is 2.77. The van der Waals surface area contributed by atoms with E-state index in [1.807, 2.05) is 23.5 Å². The highest BCUT2D eigenvalue weighted by molar-refractivity contribution is 7.80. The predicted octanol–water partition coefficient (Wildman–Crippen LogP) is 4.21. The van der Waals surface area contributed by atoms with Crippen molar-refractivity contribution in [3.8, 4) is 0 Å². The van der Waals surface area contributed by atoms with Gasteiger partial charge in [0, 0.05) is 32.6 Å². The van der Waals surface area contributed by atoms with Gasteiger partial charge in [0.25, 0.3) is 0 Å². The van der Waals surface area contributed by atoms with Gasteiger partial charge in [0.1, 0.15) is 4.99 Å². The number of thiophene rings is 1. The van der Waals surface area contributed by atoms with Crippen molar-refractivity contribution < 1.29 is 0 Å². The van der Waals surface area contributed by atoms with Gasteiger partial charge in [-0.3, -0.25) is 0 Å². The van der Waals surface area contributed by atoms with Crippen LogP contribution in [0.15, 0.2) is 30.3 Å². The van der Waals surface area contributed by atoms with Crippen molar-refractivity contribution >= 4 is 45.8 Å². The summed E-state index contributed by atoms with van der Waals surface area (Å²) in [7, 11) is 0. The van der Waals surface area contributed by atoms with Crippen molar-refractivity contribution in [1.29, 1.82) is 0 Å². The number of hydrogen-bond acceptors (Lipinski definition) is 3. The SMILES string of the molecule is CCc1ccc(CNc2cc(Cl)ccc2C(N)=S)s1. The van der Waals surface area contributed by atoms with E-state index < -0.39 is 0 Å². The molecular formula is C14H15ClN2S2. The van der Waals surface area contributed by atoms with Crippen LogP contribution >= 0.6 is 35.2 Å². The standard InChI is InChI=1S/C14H15ClN2S2/c1-2-10-4-5-11(19-10)8-17-13-7-9(15)3-6-12(13)14(16)18/h3-7,17H,2,8H2,1H3,(H2,16,18). The molecule has 1 aromatic carbocycles. The minimum atomic E-state index is 0.375. The average molecular weight is 311 g/mol. The van der Waals surface area contributed by atoms with Crippen LogP contribution in [0.2, 0.25) is 5.02 Å². The number of anilines is 1. The number of thiocarbonyl (C=S) groups is 1. The molecule has 0 bridgehead atoms. The smallest absolute Gasteiger partial charge is 0.106 e. The van der Waals surface area contributed by atoms with Crippen molar-refractivity contribution in [1.82, 2.24) is 0 Å². The molecule has 1 aromatic heterocycles. The summed E-state index contributed by atoms with van der Waals surface area (Å²) in [6.45, 7) is 2.91. The van der Waals surface area contributed by atoms with E-state index in [4.69, 9.17) is 29.6 Å². The van der Waals surface area contributed by atoms with Gasteiger partial charge in [0.15, 0.2) is 0 Å². The van der Waals surface area contributed by atoms with Crippen molar-refractivity contribution in [3.05, 3.63) is 50.7 Å². The second-order valence-corrected chi connectivity index (χ2v) is 6.26. The van der Waals surface area contributed by atoms with E-state index in [0.717, 1.165) is 24.2 Å². The van der Waals surface area contributed by atoms with E-state index in [1.54, 1.807) is 6.07 Å². The summed E-state index contributed by atoms with van der Waals surface area (Å²) in [5.74, 6) is 0. The van der Waals surface area contributed by atoms with E-state index >= 15 is 0 Å². The maximum atomic E-state index is 6.01. The molecule has 0 amide bonds. The Bertz CT molecular complexity index is 593. The van der Waals surface area contributed by atoms with Crippen LogP contribution in [0.4, 0.5) is 5.69 Å². The van der Waals surface area contributed by atoms with Gasteiger partial charge in [0.2, 0.25) is 0 Å². The fourth-order valence-corrected chi connectivity index (χ4v) is 3.01. The Balaban J connectivity index is 2.14. The minimum Gasteiger partial charge on any atom is -0.389 e. The Hall–Kier alpha value is -1.10. The molecule has 0 saturated heterocycles. The molecule has 0 saturated carbocycles. The monoisotopic (exact) mass is 310 g/mol. The Morgan fingerprint density at radius 1 is 1.32 bits per heavy atom. The number of hydrogen-bond donors (Lipinski definition) is 2. The molecule has 0 unspecified atom stereocenters. The summed E-state index contributed by atoms with van der Waals surface area (Å²) in [6, 6.07) is 9.79. The van der Waals surface area contributed by atoms with Crippen LogP contribution in [0.1, 0.15) is 22.2 Å². The van der Waals surface area contributed by atoms with E-state index in [1.165, 1.54) is 9.75 Å². The summed E-state index contributed by atoms with van der Waals surface area (Å²) in [6.07, 6.45) is 1.07. The number of halogens is 1. The van der Waals surface area contributed by atoms with Gasteiger partial charge in [-0.2, -0.15) is 0 Å². The number of nitrogens with one attached hydrogen (secondary N) is 1. The van der Waals surface area contributed by atoms with Crippen LogP contribution in [0.3, 0.4) is 0 Å². The quantitative estimate of drug-likeness (QED) is 0.812. The Kier molecular flexibility index (Phi) is 4.80. The first-order valence-corrected chi connectivity index (χ1v) is 7.61. The molecule has 0 spiro atoms. The van der Waals surface area contributed by atoms with Gasteiger partial charge in [0.05, 0.1) is 0 Å². The van der Waals surface area contributed by atoms with Crippen LogP contribution in [-0.4, -0.2) is 4.99 Å². The number of aryl methyl sites for hydroxylation is 1. The lowest BCUT2D eigenvalue weighted by molar-refractivity contribution is 1.19. The lowest BCUT2D eigenvalue weighted by Crippen LogP contribution is -2.13. The molecule has 5 heteroatoms. The van der Waals surface area contributed by atoms with Crippen molar-refractivity contribution in [2.75, 3.05) is 5.32 Å². The van der Waals surface area contributed by atoms with Crippen molar-refractivity contribution in [3.63, 3.8) is 0 Å². The largest absolute Gasteiger partial charge is 0.389 e. The van der Waals surface area contributed by atoms with Gasteiger partial charge in [-0.15, -0.1) is 11.3 Å². The summed E-state index contributed by atoms with van der Waals surface area (Å²) < 4.78 is 0. The Morgan fingerprint density at radius 3 is 2.68 bits per heavy atom. The maximum Gasteiger partial charge on any atom is 0.106 e. The molecule has 2 nitrogen and oxygen atoms in total. The molecule has 19 heavy (non-hydrogen) atoms. The minimum absolute atomic E-state index is 0.375. The molecular weight excluding hydrogens is 296 g/mol. The number of rotatable bonds is 5. The normalized spacial score (nSPS) is 10.4. The molecule has 0 aliphatic heterocycles. The van der Waals surface area contributed by atoms with E-state index in [0.29, 0.717) is 10.0 Å². The van der Waals surface area contributed by atoms with Gasteiger partial charge in [-0.25, -0.2) is 0 Å². The second kappa shape index (κ2) is 6.37. The van der Waals surface area contributed by atoms with E-state index in [2.05, 4.69) is 24.4 Å². The zero-order valence-corrected chi connectivity index (χ0v) is 13.0. The average Bonchev–Trinajstić information content (AvgIpc) is 2.84. The lowest BCUT2D eigenvalue weighted by atomic mass is 10.1. The van der Waals surface area contributed by atoms with Crippen molar-refractivity contribution in [2.45, 2.75) is 19.9 Å². The summed E-state index contributed by atoms with van der Waals surface area (Å²) in [5.41, 5.74) is 7.42. The molecule has 2 rings (SSSR count). The molecule has 0 aliphatic carbocycles. The molecule has 1 heterocycles. The van der Waals surface area contributed by atoms with E-state index in [9.17, 15) is 0 Å². The zero-order valence-electron chi connectivity index (χ0n) is 10.6. The molecule has 100 valence electrons. The van der Waals surface area contributed by atoms with Crippen LogP contribution in [-0.2, 0) is 13.0 Å². The number of nitrogens with two attached hydrogens (primary N) is 1. The highest BCUT2D eigenvalue weighted by Crippen LogP contribution is 2.23. The first kappa shape index (κ1) is 14.3. The fourth-order valence-electron chi connectivity index (χ4n) is 1.77. The molecule has 0 atom stereocenters. The van der Waals surface area contributed by atoms with Gasteiger partial charge in [-0.1, -0.05) is 30.7 Å². The zero-order chi connectivity index (χ0) is 13.8. The van der Waals surface area contributed by atoms with Crippen LogP contribution < -0.4 is 11.1 Å². The first-order chi connectivity index (χ1) is 9.10. The maximum absolute atomic E-state index is 6.01.